The predicted molar refractivity (Wildman–Crippen MR) is 75.7 cm³/mol. The molecule has 0 bridgehead atoms. The van der Waals surface area contributed by atoms with Crippen molar-refractivity contribution in [2.75, 3.05) is 0 Å². The molecule has 3 aromatic rings. The van der Waals surface area contributed by atoms with Gasteiger partial charge in [-0.2, -0.15) is 0 Å². The number of ether oxygens (including phenoxy) is 1. The van der Waals surface area contributed by atoms with Crippen LogP contribution in [0, 0.1) is 5.82 Å². The summed E-state index contributed by atoms with van der Waals surface area (Å²) in [6, 6.07) is 12.0. The number of carbonyl (C=O) groups is 1. The summed E-state index contributed by atoms with van der Waals surface area (Å²) in [5.74, 6) is -0.572. The average Bonchev–Trinajstić information content (AvgIpc) is 2.88. The van der Waals surface area contributed by atoms with Gasteiger partial charge in [-0.1, -0.05) is 18.2 Å². The molecule has 3 rings (SSSR count). The van der Waals surface area contributed by atoms with E-state index in [2.05, 4.69) is 4.98 Å². The van der Waals surface area contributed by atoms with Gasteiger partial charge in [0, 0.05) is 0 Å². The Labute approximate surface area is 118 Å². The summed E-state index contributed by atoms with van der Waals surface area (Å²) < 4.78 is 20.1. The van der Waals surface area contributed by atoms with Crippen LogP contribution in [0.1, 0.15) is 15.4 Å². The van der Waals surface area contributed by atoms with Crippen LogP contribution >= 0.6 is 11.3 Å². The van der Waals surface area contributed by atoms with Gasteiger partial charge in [-0.05, 0) is 24.3 Å². The Morgan fingerprint density at radius 2 is 2.05 bits per heavy atom. The highest BCUT2D eigenvalue weighted by atomic mass is 32.1. The van der Waals surface area contributed by atoms with Crippen LogP contribution < -0.4 is 4.74 Å². The zero-order valence-corrected chi connectivity index (χ0v) is 11.2. The minimum atomic E-state index is -0.546. The summed E-state index contributed by atoms with van der Waals surface area (Å²) in [6.07, 6.45) is 0.580. The molecule has 20 heavy (non-hydrogen) atoms. The first-order chi connectivity index (χ1) is 9.78. The Morgan fingerprint density at radius 3 is 2.85 bits per heavy atom. The van der Waals surface area contributed by atoms with Gasteiger partial charge in [-0.3, -0.25) is 4.79 Å². The number of para-hydroxylation sites is 2. The maximum absolute atomic E-state index is 13.6. The molecule has 0 fully saturated rings. The predicted octanol–water partition coefficient (Wildman–Crippen LogP) is 3.83. The van der Waals surface area contributed by atoms with Gasteiger partial charge in [-0.25, -0.2) is 9.37 Å². The molecule has 0 radical (unpaired) electrons. The van der Waals surface area contributed by atoms with E-state index in [0.29, 0.717) is 6.29 Å². The lowest BCUT2D eigenvalue weighted by atomic mass is 10.2. The van der Waals surface area contributed by atoms with Crippen LogP contribution in [0.25, 0.3) is 10.2 Å². The van der Waals surface area contributed by atoms with E-state index in [4.69, 9.17) is 4.74 Å². The van der Waals surface area contributed by atoms with Crippen molar-refractivity contribution >= 4 is 27.8 Å². The summed E-state index contributed by atoms with van der Waals surface area (Å²) in [6.45, 7) is 0.140. The van der Waals surface area contributed by atoms with Crippen LogP contribution in [0.15, 0.2) is 42.5 Å². The standard InChI is InChI=1S/C15H10FNO2S/c16-11-5-3-4-10(8-18)15(11)19-9-14-17-12-6-1-2-7-13(12)20-14/h1-8H,9H2. The number of aldehydes is 1. The normalized spacial score (nSPS) is 10.7. The average molecular weight is 287 g/mol. The lowest BCUT2D eigenvalue weighted by Crippen LogP contribution is -2.00. The zero-order chi connectivity index (χ0) is 13.9. The second-order valence-corrected chi connectivity index (χ2v) is 5.26. The van der Waals surface area contributed by atoms with Crippen molar-refractivity contribution < 1.29 is 13.9 Å². The van der Waals surface area contributed by atoms with Crippen molar-refractivity contribution in [1.82, 2.24) is 4.98 Å². The molecule has 1 heterocycles. The Kier molecular flexibility index (Phi) is 3.43. The van der Waals surface area contributed by atoms with Crippen LogP contribution in [-0.4, -0.2) is 11.3 Å². The number of rotatable bonds is 4. The maximum Gasteiger partial charge on any atom is 0.166 e. The van der Waals surface area contributed by atoms with Gasteiger partial charge in [0.15, 0.2) is 17.9 Å². The highest BCUT2D eigenvalue weighted by Crippen LogP contribution is 2.25. The Balaban J connectivity index is 1.84. The molecule has 0 N–H and O–H groups in total. The molecule has 0 amide bonds. The number of benzene rings is 2. The fourth-order valence-electron chi connectivity index (χ4n) is 1.89. The Hall–Kier alpha value is -2.27. The number of fused-ring (bicyclic) bond motifs is 1. The van der Waals surface area contributed by atoms with Gasteiger partial charge in [0.05, 0.1) is 15.8 Å². The molecule has 0 aliphatic heterocycles. The van der Waals surface area contributed by atoms with Crippen molar-refractivity contribution in [1.29, 1.82) is 0 Å². The first-order valence-electron chi connectivity index (χ1n) is 5.99. The van der Waals surface area contributed by atoms with Gasteiger partial charge < -0.3 is 4.74 Å². The first-order valence-corrected chi connectivity index (χ1v) is 6.80. The van der Waals surface area contributed by atoms with Crippen LogP contribution in [-0.2, 0) is 6.61 Å². The SMILES string of the molecule is O=Cc1cccc(F)c1OCc1nc2ccccc2s1. The molecular weight excluding hydrogens is 277 g/mol. The lowest BCUT2D eigenvalue weighted by molar-refractivity contribution is 0.111. The maximum atomic E-state index is 13.6. The third-order valence-corrected chi connectivity index (χ3v) is 3.81. The molecule has 2 aromatic carbocycles. The largest absolute Gasteiger partial charge is 0.483 e. The fourth-order valence-corrected chi connectivity index (χ4v) is 2.77. The van der Waals surface area contributed by atoms with E-state index in [1.54, 1.807) is 0 Å². The van der Waals surface area contributed by atoms with E-state index in [0.717, 1.165) is 15.2 Å². The second-order valence-electron chi connectivity index (χ2n) is 4.14. The van der Waals surface area contributed by atoms with E-state index in [-0.39, 0.29) is 17.9 Å². The second kappa shape index (κ2) is 5.38. The van der Waals surface area contributed by atoms with Gasteiger partial charge in [0.2, 0.25) is 0 Å². The molecule has 0 saturated heterocycles. The molecular formula is C15H10FNO2S. The first kappa shape index (κ1) is 12.7. The molecule has 0 aliphatic rings. The molecule has 0 unspecified atom stereocenters. The Morgan fingerprint density at radius 1 is 1.20 bits per heavy atom. The summed E-state index contributed by atoms with van der Waals surface area (Å²) in [5.41, 5.74) is 1.09. The van der Waals surface area contributed by atoms with E-state index >= 15 is 0 Å². The smallest absolute Gasteiger partial charge is 0.166 e. The van der Waals surface area contributed by atoms with Gasteiger partial charge >= 0.3 is 0 Å². The molecule has 5 heteroatoms. The number of hydrogen-bond acceptors (Lipinski definition) is 4. The monoisotopic (exact) mass is 287 g/mol. The molecule has 3 nitrogen and oxygen atoms in total. The van der Waals surface area contributed by atoms with E-state index in [9.17, 15) is 9.18 Å². The summed E-state index contributed by atoms with van der Waals surface area (Å²) in [7, 11) is 0. The third-order valence-electron chi connectivity index (χ3n) is 2.80. The third kappa shape index (κ3) is 2.40. The van der Waals surface area contributed by atoms with Gasteiger partial charge in [0.25, 0.3) is 0 Å². The van der Waals surface area contributed by atoms with Crippen molar-refractivity contribution in [2.45, 2.75) is 6.61 Å². The van der Waals surface area contributed by atoms with Crippen LogP contribution in [0.2, 0.25) is 0 Å². The minimum Gasteiger partial charge on any atom is -0.483 e. The van der Waals surface area contributed by atoms with Gasteiger partial charge in [-0.15, -0.1) is 11.3 Å². The minimum absolute atomic E-state index is 0.0262. The number of aromatic nitrogens is 1. The molecule has 0 saturated carbocycles. The fraction of sp³-hybridized carbons (Fsp3) is 0.0667. The summed E-state index contributed by atoms with van der Waals surface area (Å²) >= 11 is 1.49. The quantitative estimate of drug-likeness (QED) is 0.685. The zero-order valence-electron chi connectivity index (χ0n) is 10.4. The van der Waals surface area contributed by atoms with E-state index < -0.39 is 5.82 Å². The molecule has 0 aliphatic carbocycles. The highest BCUT2D eigenvalue weighted by molar-refractivity contribution is 7.18. The van der Waals surface area contributed by atoms with Gasteiger partial charge in [0.1, 0.15) is 11.6 Å². The molecule has 1 aromatic heterocycles. The van der Waals surface area contributed by atoms with Crippen LogP contribution in [0.3, 0.4) is 0 Å². The number of nitrogens with zero attached hydrogens (tertiary/aromatic N) is 1. The number of thiazole rings is 1. The molecule has 100 valence electrons. The molecule has 0 spiro atoms. The van der Waals surface area contributed by atoms with Crippen molar-refractivity contribution in [3.05, 3.63) is 58.9 Å². The van der Waals surface area contributed by atoms with E-state index in [1.807, 2.05) is 24.3 Å². The topological polar surface area (TPSA) is 39.2 Å². The highest BCUT2D eigenvalue weighted by Gasteiger charge is 2.11. The number of carbonyl (C=O) groups excluding carboxylic acids is 1. The summed E-state index contributed by atoms with van der Waals surface area (Å²) in [5, 5.41) is 0.742. The van der Waals surface area contributed by atoms with Crippen LogP contribution in [0.4, 0.5) is 4.39 Å². The Bertz CT molecular complexity index is 736. The lowest BCUT2D eigenvalue weighted by Gasteiger charge is -2.07. The van der Waals surface area contributed by atoms with Crippen molar-refractivity contribution in [2.24, 2.45) is 0 Å². The summed E-state index contributed by atoms with van der Waals surface area (Å²) in [4.78, 5) is 15.3. The van der Waals surface area contributed by atoms with Crippen molar-refractivity contribution in [3.63, 3.8) is 0 Å². The van der Waals surface area contributed by atoms with Crippen LogP contribution in [0.5, 0.6) is 5.75 Å². The molecule has 0 atom stereocenters. The van der Waals surface area contributed by atoms with E-state index in [1.165, 1.54) is 29.5 Å². The number of halogens is 1. The number of hydrogen-bond donors (Lipinski definition) is 0. The van der Waals surface area contributed by atoms with Crippen molar-refractivity contribution in [3.8, 4) is 5.75 Å².